The summed E-state index contributed by atoms with van der Waals surface area (Å²) in [4.78, 5) is 11.6. The Bertz CT molecular complexity index is 402. The van der Waals surface area contributed by atoms with Crippen molar-refractivity contribution in [1.29, 1.82) is 0 Å². The van der Waals surface area contributed by atoms with Crippen LogP contribution in [-0.4, -0.2) is 36.0 Å². The number of nitrogens with zero attached hydrogens (tertiary/aromatic N) is 2. The van der Waals surface area contributed by atoms with Crippen LogP contribution in [0.1, 0.15) is 31.2 Å². The summed E-state index contributed by atoms with van der Waals surface area (Å²) < 4.78 is 5.25. The summed E-state index contributed by atoms with van der Waals surface area (Å²) in [5.74, 6) is 0.758. The van der Waals surface area contributed by atoms with Crippen LogP contribution in [0.3, 0.4) is 0 Å². The topological polar surface area (TPSA) is 76.1 Å². The zero-order valence-corrected chi connectivity index (χ0v) is 11.4. The molecule has 2 rings (SSSR count). The average molecular weight is 270 g/mol. The Morgan fingerprint density at radius 3 is 3.00 bits per heavy atom. The fourth-order valence-corrected chi connectivity index (χ4v) is 2.38. The number of anilines is 1. The highest BCUT2D eigenvalue weighted by molar-refractivity contribution is 7.15. The Kier molecular flexibility index (Phi) is 4.48. The van der Waals surface area contributed by atoms with Crippen LogP contribution in [0, 0.1) is 5.92 Å². The zero-order valence-electron chi connectivity index (χ0n) is 10.6. The van der Waals surface area contributed by atoms with Crippen LogP contribution < -0.4 is 10.6 Å². The van der Waals surface area contributed by atoms with Gasteiger partial charge in [0.2, 0.25) is 5.13 Å². The average Bonchev–Trinajstić information content (AvgIpc) is 2.96. The summed E-state index contributed by atoms with van der Waals surface area (Å²) in [7, 11) is 0. The number of hydrogen-bond acceptors (Lipinski definition) is 5. The SMILES string of the molecule is CC(C)c1nnc(NC(=O)NCC2CCOC2)s1. The van der Waals surface area contributed by atoms with E-state index in [1.165, 1.54) is 11.3 Å². The van der Waals surface area contributed by atoms with Crippen LogP contribution in [0.25, 0.3) is 0 Å². The second-order valence-corrected chi connectivity index (χ2v) is 5.67. The molecule has 0 saturated carbocycles. The highest BCUT2D eigenvalue weighted by Gasteiger charge is 2.16. The van der Waals surface area contributed by atoms with Crippen molar-refractivity contribution in [1.82, 2.24) is 15.5 Å². The number of aromatic nitrogens is 2. The largest absolute Gasteiger partial charge is 0.381 e. The van der Waals surface area contributed by atoms with Crippen LogP contribution in [0.5, 0.6) is 0 Å². The summed E-state index contributed by atoms with van der Waals surface area (Å²) in [5, 5.41) is 14.9. The lowest BCUT2D eigenvalue weighted by Crippen LogP contribution is -2.33. The van der Waals surface area contributed by atoms with E-state index in [9.17, 15) is 4.79 Å². The smallest absolute Gasteiger partial charge is 0.321 e. The van der Waals surface area contributed by atoms with Gasteiger partial charge in [-0.25, -0.2) is 4.79 Å². The first-order valence-electron chi connectivity index (χ1n) is 6.11. The van der Waals surface area contributed by atoms with Gasteiger partial charge >= 0.3 is 6.03 Å². The van der Waals surface area contributed by atoms with E-state index in [0.717, 1.165) is 24.6 Å². The lowest BCUT2D eigenvalue weighted by atomic mass is 10.1. The molecule has 0 bridgehead atoms. The predicted octanol–water partition coefficient (Wildman–Crippen LogP) is 1.82. The van der Waals surface area contributed by atoms with Gasteiger partial charge in [0.15, 0.2) is 0 Å². The number of rotatable bonds is 4. The molecule has 0 spiro atoms. The second-order valence-electron chi connectivity index (χ2n) is 4.66. The molecule has 100 valence electrons. The lowest BCUT2D eigenvalue weighted by Gasteiger charge is -2.08. The maximum Gasteiger partial charge on any atom is 0.321 e. The molecular formula is C11H18N4O2S. The van der Waals surface area contributed by atoms with E-state index < -0.39 is 0 Å². The van der Waals surface area contributed by atoms with Crippen molar-refractivity contribution in [3.05, 3.63) is 5.01 Å². The Balaban J connectivity index is 1.75. The highest BCUT2D eigenvalue weighted by Crippen LogP contribution is 2.22. The number of nitrogens with one attached hydrogen (secondary N) is 2. The maximum absolute atomic E-state index is 11.6. The summed E-state index contributed by atoms with van der Waals surface area (Å²) >= 11 is 1.41. The number of hydrogen-bond donors (Lipinski definition) is 2. The van der Waals surface area contributed by atoms with Gasteiger partial charge < -0.3 is 10.1 Å². The van der Waals surface area contributed by atoms with Gasteiger partial charge in [0.25, 0.3) is 0 Å². The minimum absolute atomic E-state index is 0.228. The zero-order chi connectivity index (χ0) is 13.0. The molecule has 1 saturated heterocycles. The summed E-state index contributed by atoms with van der Waals surface area (Å²) in [6.45, 7) is 6.26. The quantitative estimate of drug-likeness (QED) is 0.875. The number of amides is 2. The molecule has 0 radical (unpaired) electrons. The standard InChI is InChI=1S/C11H18N4O2S/c1-7(2)9-14-15-11(18-9)13-10(16)12-5-8-3-4-17-6-8/h7-8H,3-6H2,1-2H3,(H2,12,13,15,16). The minimum atomic E-state index is -0.228. The number of carbonyl (C=O) groups excluding carboxylic acids is 1. The number of carbonyl (C=O) groups is 1. The second kappa shape index (κ2) is 6.10. The molecular weight excluding hydrogens is 252 g/mol. The van der Waals surface area contributed by atoms with Gasteiger partial charge in [-0.15, -0.1) is 10.2 Å². The third kappa shape index (κ3) is 3.64. The molecule has 1 aliphatic heterocycles. The molecule has 1 fully saturated rings. The van der Waals surface area contributed by atoms with Crippen molar-refractivity contribution in [3.63, 3.8) is 0 Å². The molecule has 7 heteroatoms. The minimum Gasteiger partial charge on any atom is -0.381 e. The van der Waals surface area contributed by atoms with Crippen molar-refractivity contribution in [2.24, 2.45) is 5.92 Å². The summed E-state index contributed by atoms with van der Waals surface area (Å²) in [6, 6.07) is -0.228. The normalized spacial score (nSPS) is 19.2. The van der Waals surface area contributed by atoms with Crippen molar-refractivity contribution < 1.29 is 9.53 Å². The monoisotopic (exact) mass is 270 g/mol. The Morgan fingerprint density at radius 2 is 2.39 bits per heavy atom. The molecule has 2 amide bonds. The van der Waals surface area contributed by atoms with Crippen LogP contribution >= 0.6 is 11.3 Å². The van der Waals surface area contributed by atoms with Gasteiger partial charge in [-0.1, -0.05) is 25.2 Å². The Morgan fingerprint density at radius 1 is 1.56 bits per heavy atom. The number of ether oxygens (including phenoxy) is 1. The fourth-order valence-electron chi connectivity index (χ4n) is 1.64. The molecule has 1 aromatic rings. The third-order valence-electron chi connectivity index (χ3n) is 2.73. The van der Waals surface area contributed by atoms with Gasteiger partial charge in [-0.3, -0.25) is 5.32 Å². The first kappa shape index (κ1) is 13.2. The Labute approximate surface area is 110 Å². The number of urea groups is 1. The molecule has 1 aromatic heterocycles. The molecule has 0 aromatic carbocycles. The van der Waals surface area contributed by atoms with Gasteiger partial charge in [-0.05, 0) is 6.42 Å². The van der Waals surface area contributed by atoms with Crippen LogP contribution in [0.2, 0.25) is 0 Å². The Hall–Kier alpha value is -1.21. The molecule has 2 N–H and O–H groups in total. The molecule has 18 heavy (non-hydrogen) atoms. The van der Waals surface area contributed by atoms with Crippen LogP contribution in [0.4, 0.5) is 9.93 Å². The highest BCUT2D eigenvalue weighted by atomic mass is 32.1. The van der Waals surface area contributed by atoms with E-state index in [4.69, 9.17) is 4.74 Å². The molecule has 1 unspecified atom stereocenters. The molecule has 0 aliphatic carbocycles. The first-order valence-corrected chi connectivity index (χ1v) is 6.93. The predicted molar refractivity (Wildman–Crippen MR) is 69.9 cm³/mol. The van der Waals surface area contributed by atoms with E-state index >= 15 is 0 Å². The van der Waals surface area contributed by atoms with E-state index in [1.54, 1.807) is 0 Å². The van der Waals surface area contributed by atoms with Gasteiger partial charge in [0.1, 0.15) is 5.01 Å². The van der Waals surface area contributed by atoms with Crippen LogP contribution in [0.15, 0.2) is 0 Å². The van der Waals surface area contributed by atoms with Crippen LogP contribution in [-0.2, 0) is 4.74 Å². The van der Waals surface area contributed by atoms with Gasteiger partial charge in [0.05, 0.1) is 6.61 Å². The van der Waals surface area contributed by atoms with Gasteiger partial charge in [-0.2, -0.15) is 0 Å². The summed E-state index contributed by atoms with van der Waals surface area (Å²) in [5.41, 5.74) is 0. The van der Waals surface area contributed by atoms with Crippen molar-refractivity contribution in [2.45, 2.75) is 26.2 Å². The lowest BCUT2D eigenvalue weighted by molar-refractivity contribution is 0.185. The van der Waals surface area contributed by atoms with E-state index in [1.807, 2.05) is 13.8 Å². The van der Waals surface area contributed by atoms with Crippen molar-refractivity contribution in [2.75, 3.05) is 25.1 Å². The van der Waals surface area contributed by atoms with Gasteiger partial charge in [0, 0.05) is 25.0 Å². The third-order valence-corrected chi connectivity index (χ3v) is 3.87. The van der Waals surface area contributed by atoms with Crippen molar-refractivity contribution >= 4 is 22.5 Å². The first-order chi connectivity index (χ1) is 8.65. The van der Waals surface area contributed by atoms with E-state index in [0.29, 0.717) is 23.5 Å². The summed E-state index contributed by atoms with van der Waals surface area (Å²) in [6.07, 6.45) is 1.01. The van der Waals surface area contributed by atoms with E-state index in [-0.39, 0.29) is 6.03 Å². The maximum atomic E-state index is 11.6. The molecule has 1 aliphatic rings. The molecule has 1 atom stereocenters. The van der Waals surface area contributed by atoms with Crippen molar-refractivity contribution in [3.8, 4) is 0 Å². The molecule has 2 heterocycles. The molecule has 6 nitrogen and oxygen atoms in total. The van der Waals surface area contributed by atoms with E-state index in [2.05, 4.69) is 20.8 Å². The fraction of sp³-hybridized carbons (Fsp3) is 0.727.